The normalized spacial score (nSPS) is 29.5. The van der Waals surface area contributed by atoms with Crippen LogP contribution in [0.5, 0.6) is 0 Å². The lowest BCUT2D eigenvalue weighted by Gasteiger charge is -2.35. The predicted octanol–water partition coefficient (Wildman–Crippen LogP) is 0.295. The average molecular weight is 196 g/mol. The average Bonchev–Trinajstić information content (AvgIpc) is 2.62. The lowest BCUT2D eigenvalue weighted by Crippen LogP contribution is -2.49. The van der Waals surface area contributed by atoms with Crippen molar-refractivity contribution < 1.29 is 9.47 Å². The summed E-state index contributed by atoms with van der Waals surface area (Å²) in [6.07, 6.45) is 2.66. The Morgan fingerprint density at radius 3 is 2.86 bits per heavy atom. The molecule has 2 fully saturated rings. The molecular weight excluding hydrogens is 180 g/mol. The second-order valence-corrected chi connectivity index (χ2v) is 4.15. The van der Waals surface area contributed by atoms with Crippen LogP contribution in [0.25, 0.3) is 0 Å². The Balaban J connectivity index is 1.64. The van der Waals surface area contributed by atoms with Gasteiger partial charge >= 0.3 is 0 Å². The van der Waals surface area contributed by atoms with Gasteiger partial charge in [-0.2, -0.15) is 5.26 Å². The molecule has 1 unspecified atom stereocenters. The molecule has 2 aliphatic heterocycles. The van der Waals surface area contributed by atoms with Gasteiger partial charge in [0.2, 0.25) is 0 Å². The Morgan fingerprint density at radius 1 is 1.50 bits per heavy atom. The molecule has 1 atom stereocenters. The summed E-state index contributed by atoms with van der Waals surface area (Å²) in [6.45, 7) is 3.62. The second kappa shape index (κ2) is 4.26. The molecule has 0 spiro atoms. The lowest BCUT2D eigenvalue weighted by molar-refractivity contribution is -0.0762. The molecule has 2 rings (SSSR count). The summed E-state index contributed by atoms with van der Waals surface area (Å²) in [5.41, 5.74) is -0.265. The predicted molar refractivity (Wildman–Crippen MR) is 50.7 cm³/mol. The van der Waals surface area contributed by atoms with E-state index in [1.807, 2.05) is 0 Å². The van der Waals surface area contributed by atoms with E-state index in [-0.39, 0.29) is 5.41 Å². The van der Waals surface area contributed by atoms with Crippen molar-refractivity contribution >= 4 is 0 Å². The van der Waals surface area contributed by atoms with Crippen LogP contribution in [0.3, 0.4) is 0 Å². The standard InChI is InChI=1S/C10H16N2O2/c11-5-10(7-13-8-10)6-12-4-9-2-1-3-14-9/h9,12H,1-4,6-8H2. The zero-order valence-corrected chi connectivity index (χ0v) is 8.29. The number of hydrogen-bond acceptors (Lipinski definition) is 4. The zero-order valence-electron chi connectivity index (χ0n) is 8.29. The molecule has 0 bridgehead atoms. The van der Waals surface area contributed by atoms with Crippen LogP contribution >= 0.6 is 0 Å². The maximum absolute atomic E-state index is 8.93. The van der Waals surface area contributed by atoms with Crippen molar-refractivity contribution in [3.8, 4) is 6.07 Å². The van der Waals surface area contributed by atoms with E-state index in [9.17, 15) is 0 Å². The van der Waals surface area contributed by atoms with Gasteiger partial charge in [-0.1, -0.05) is 0 Å². The molecule has 4 nitrogen and oxygen atoms in total. The van der Waals surface area contributed by atoms with Gasteiger partial charge in [0, 0.05) is 19.7 Å². The molecular formula is C10H16N2O2. The number of rotatable bonds is 4. The van der Waals surface area contributed by atoms with Gasteiger partial charge in [0.1, 0.15) is 5.41 Å². The summed E-state index contributed by atoms with van der Waals surface area (Å²) in [5, 5.41) is 12.2. The number of nitrogens with one attached hydrogen (secondary N) is 1. The molecule has 2 heterocycles. The summed E-state index contributed by atoms with van der Waals surface area (Å²) in [5.74, 6) is 0. The van der Waals surface area contributed by atoms with E-state index in [4.69, 9.17) is 14.7 Å². The molecule has 78 valence electrons. The summed E-state index contributed by atoms with van der Waals surface area (Å²) in [4.78, 5) is 0. The third-order valence-corrected chi connectivity index (χ3v) is 2.85. The maximum atomic E-state index is 8.93. The molecule has 0 aromatic carbocycles. The Morgan fingerprint density at radius 2 is 2.36 bits per heavy atom. The quantitative estimate of drug-likeness (QED) is 0.702. The highest BCUT2D eigenvalue weighted by atomic mass is 16.5. The summed E-state index contributed by atoms with van der Waals surface area (Å²) >= 11 is 0. The van der Waals surface area contributed by atoms with Gasteiger partial charge in [0.15, 0.2) is 0 Å². The van der Waals surface area contributed by atoms with Gasteiger partial charge < -0.3 is 14.8 Å². The van der Waals surface area contributed by atoms with E-state index in [1.54, 1.807) is 0 Å². The first-order valence-electron chi connectivity index (χ1n) is 5.16. The van der Waals surface area contributed by atoms with E-state index in [0.717, 1.165) is 26.1 Å². The highest BCUT2D eigenvalue weighted by Crippen LogP contribution is 2.25. The first-order chi connectivity index (χ1) is 6.85. The lowest BCUT2D eigenvalue weighted by atomic mass is 9.88. The van der Waals surface area contributed by atoms with Crippen molar-refractivity contribution in [2.75, 3.05) is 32.9 Å². The highest BCUT2D eigenvalue weighted by molar-refractivity contribution is 5.05. The topological polar surface area (TPSA) is 54.3 Å². The summed E-state index contributed by atoms with van der Waals surface area (Å²) < 4.78 is 10.5. The molecule has 0 aliphatic carbocycles. The van der Waals surface area contributed by atoms with Gasteiger partial charge in [-0.05, 0) is 12.8 Å². The third kappa shape index (κ3) is 2.06. The highest BCUT2D eigenvalue weighted by Gasteiger charge is 2.38. The molecule has 0 amide bonds. The second-order valence-electron chi connectivity index (χ2n) is 4.15. The van der Waals surface area contributed by atoms with Crippen molar-refractivity contribution in [3.05, 3.63) is 0 Å². The van der Waals surface area contributed by atoms with Gasteiger partial charge in [-0.25, -0.2) is 0 Å². The fraction of sp³-hybridized carbons (Fsp3) is 0.900. The SMILES string of the molecule is N#CC1(CNCC2CCCO2)COC1. The molecule has 4 heteroatoms. The first kappa shape index (κ1) is 9.91. The molecule has 0 aromatic heterocycles. The van der Waals surface area contributed by atoms with Crippen LogP contribution in [-0.2, 0) is 9.47 Å². The first-order valence-corrected chi connectivity index (χ1v) is 5.16. The van der Waals surface area contributed by atoms with Gasteiger partial charge in [-0.3, -0.25) is 0 Å². The van der Waals surface area contributed by atoms with Gasteiger partial charge in [-0.15, -0.1) is 0 Å². The minimum absolute atomic E-state index is 0.265. The van der Waals surface area contributed by atoms with Crippen LogP contribution in [0.4, 0.5) is 0 Å². The Labute approximate surface area is 84.2 Å². The van der Waals surface area contributed by atoms with Crippen molar-refractivity contribution in [1.29, 1.82) is 5.26 Å². The molecule has 0 radical (unpaired) electrons. The van der Waals surface area contributed by atoms with E-state index in [2.05, 4.69) is 11.4 Å². The van der Waals surface area contributed by atoms with Crippen LogP contribution < -0.4 is 5.32 Å². The fourth-order valence-corrected chi connectivity index (χ4v) is 1.83. The van der Waals surface area contributed by atoms with Crippen LogP contribution in [0, 0.1) is 16.7 Å². The van der Waals surface area contributed by atoms with Crippen molar-refractivity contribution in [3.63, 3.8) is 0 Å². The van der Waals surface area contributed by atoms with Crippen LogP contribution in [-0.4, -0.2) is 39.0 Å². The molecule has 2 saturated heterocycles. The largest absolute Gasteiger partial charge is 0.378 e. The smallest absolute Gasteiger partial charge is 0.116 e. The van der Waals surface area contributed by atoms with Crippen molar-refractivity contribution in [2.45, 2.75) is 18.9 Å². The minimum Gasteiger partial charge on any atom is -0.378 e. The molecule has 0 saturated carbocycles. The zero-order chi connectivity index (χ0) is 9.86. The van der Waals surface area contributed by atoms with E-state index in [0.29, 0.717) is 19.3 Å². The van der Waals surface area contributed by atoms with Gasteiger partial charge in [0.05, 0.1) is 25.4 Å². The maximum Gasteiger partial charge on any atom is 0.116 e. The number of nitrogens with zero attached hydrogens (tertiary/aromatic N) is 1. The fourth-order valence-electron chi connectivity index (χ4n) is 1.83. The van der Waals surface area contributed by atoms with Crippen LogP contribution in [0.1, 0.15) is 12.8 Å². The molecule has 2 aliphatic rings. The monoisotopic (exact) mass is 196 g/mol. The van der Waals surface area contributed by atoms with Gasteiger partial charge in [0.25, 0.3) is 0 Å². The number of hydrogen-bond donors (Lipinski definition) is 1. The Hall–Kier alpha value is -0.630. The molecule has 0 aromatic rings. The number of nitriles is 1. The van der Waals surface area contributed by atoms with E-state index in [1.165, 1.54) is 6.42 Å². The third-order valence-electron chi connectivity index (χ3n) is 2.85. The van der Waals surface area contributed by atoms with Crippen molar-refractivity contribution in [1.82, 2.24) is 5.32 Å². The van der Waals surface area contributed by atoms with Crippen LogP contribution in [0.2, 0.25) is 0 Å². The molecule has 1 N–H and O–H groups in total. The Bertz CT molecular complexity index is 227. The summed E-state index contributed by atoms with van der Waals surface area (Å²) in [7, 11) is 0. The Kier molecular flexibility index (Phi) is 3.02. The minimum atomic E-state index is -0.265. The summed E-state index contributed by atoms with van der Waals surface area (Å²) in [6, 6.07) is 2.31. The number of ether oxygens (including phenoxy) is 2. The van der Waals surface area contributed by atoms with E-state index < -0.39 is 0 Å². The van der Waals surface area contributed by atoms with E-state index >= 15 is 0 Å². The molecule has 14 heavy (non-hydrogen) atoms. The van der Waals surface area contributed by atoms with Crippen LogP contribution in [0.15, 0.2) is 0 Å². The van der Waals surface area contributed by atoms with Crippen molar-refractivity contribution in [2.24, 2.45) is 5.41 Å².